The highest BCUT2D eigenvalue weighted by Crippen LogP contribution is 2.24. The van der Waals surface area contributed by atoms with Crippen LogP contribution in [0.2, 0.25) is 0 Å². The fourth-order valence-corrected chi connectivity index (χ4v) is 2.58. The number of aldehydes is 1. The van der Waals surface area contributed by atoms with E-state index in [2.05, 4.69) is 11.1 Å². The number of pyridine rings is 1. The number of ether oxygens (including phenoxy) is 1. The number of carbonyl (C=O) groups excluding carboxylic acids is 2. The molecule has 130 valence electrons. The minimum atomic E-state index is -0.141. The summed E-state index contributed by atoms with van der Waals surface area (Å²) >= 11 is 0. The van der Waals surface area contributed by atoms with E-state index in [-0.39, 0.29) is 5.97 Å². The first-order valence-electron chi connectivity index (χ1n) is 8.56. The summed E-state index contributed by atoms with van der Waals surface area (Å²) in [5.41, 5.74) is 3.61. The molecular formula is C21H23NO3. The largest absolute Gasteiger partial charge is 0.466 e. The predicted molar refractivity (Wildman–Crippen MR) is 98.2 cm³/mol. The van der Waals surface area contributed by atoms with Gasteiger partial charge in [0.05, 0.1) is 6.61 Å². The van der Waals surface area contributed by atoms with Crippen molar-refractivity contribution in [3.8, 4) is 0 Å². The Kier molecular flexibility index (Phi) is 7.57. The van der Waals surface area contributed by atoms with Gasteiger partial charge >= 0.3 is 5.97 Å². The Morgan fingerprint density at radius 1 is 1.12 bits per heavy atom. The molecule has 1 heterocycles. The van der Waals surface area contributed by atoms with Crippen molar-refractivity contribution >= 4 is 17.8 Å². The van der Waals surface area contributed by atoms with Gasteiger partial charge in [-0.25, -0.2) is 0 Å². The number of hydrogen-bond donors (Lipinski definition) is 0. The summed E-state index contributed by atoms with van der Waals surface area (Å²) in [7, 11) is 0. The lowest BCUT2D eigenvalue weighted by Gasteiger charge is -2.09. The van der Waals surface area contributed by atoms with Crippen LogP contribution in [0.25, 0.3) is 5.57 Å². The number of benzene rings is 1. The number of esters is 1. The first-order valence-corrected chi connectivity index (χ1v) is 8.56. The third-order valence-electron chi connectivity index (χ3n) is 3.78. The van der Waals surface area contributed by atoms with Crippen molar-refractivity contribution in [1.82, 2.24) is 4.98 Å². The number of nitrogens with zero attached hydrogens (tertiary/aromatic N) is 1. The van der Waals surface area contributed by atoms with Gasteiger partial charge in [-0.3, -0.25) is 14.6 Å². The SMILES string of the molecule is CCOC(=O)CCCC/C=C(\c1ccccc1)c1cncc(C=O)c1. The lowest BCUT2D eigenvalue weighted by atomic mass is 9.96. The molecule has 0 fully saturated rings. The Morgan fingerprint density at radius 3 is 2.64 bits per heavy atom. The molecule has 0 atom stereocenters. The van der Waals surface area contributed by atoms with Gasteiger partial charge in [-0.2, -0.15) is 0 Å². The van der Waals surface area contributed by atoms with Crippen LogP contribution in [0.15, 0.2) is 54.9 Å². The first kappa shape index (κ1) is 18.6. The molecular weight excluding hydrogens is 314 g/mol. The maximum atomic E-state index is 11.4. The van der Waals surface area contributed by atoms with Gasteiger partial charge in [-0.1, -0.05) is 36.4 Å². The van der Waals surface area contributed by atoms with E-state index in [0.29, 0.717) is 18.6 Å². The summed E-state index contributed by atoms with van der Waals surface area (Å²) in [5.74, 6) is -0.141. The van der Waals surface area contributed by atoms with E-state index in [1.807, 2.05) is 43.3 Å². The zero-order valence-electron chi connectivity index (χ0n) is 14.5. The topological polar surface area (TPSA) is 56.3 Å². The number of hydrogen-bond acceptors (Lipinski definition) is 4. The summed E-state index contributed by atoms with van der Waals surface area (Å²) in [5, 5.41) is 0. The van der Waals surface area contributed by atoms with E-state index in [1.165, 1.54) is 0 Å². The molecule has 0 radical (unpaired) electrons. The zero-order chi connectivity index (χ0) is 17.9. The summed E-state index contributed by atoms with van der Waals surface area (Å²) in [6.07, 6.45) is 9.26. The highest BCUT2D eigenvalue weighted by atomic mass is 16.5. The van der Waals surface area contributed by atoms with Crippen LogP contribution in [0.1, 0.15) is 54.1 Å². The molecule has 25 heavy (non-hydrogen) atoms. The number of aromatic nitrogens is 1. The molecule has 1 aromatic carbocycles. The maximum Gasteiger partial charge on any atom is 0.305 e. The third kappa shape index (κ3) is 5.99. The molecule has 0 saturated heterocycles. The van der Waals surface area contributed by atoms with Crippen molar-refractivity contribution < 1.29 is 14.3 Å². The molecule has 0 unspecified atom stereocenters. The second-order valence-electron chi connectivity index (χ2n) is 5.66. The van der Waals surface area contributed by atoms with E-state index in [0.717, 1.165) is 42.2 Å². The highest BCUT2D eigenvalue weighted by molar-refractivity contribution is 5.83. The number of allylic oxidation sites excluding steroid dienone is 1. The van der Waals surface area contributed by atoms with E-state index < -0.39 is 0 Å². The van der Waals surface area contributed by atoms with Crippen LogP contribution in [-0.4, -0.2) is 23.8 Å². The van der Waals surface area contributed by atoms with Crippen molar-refractivity contribution in [3.63, 3.8) is 0 Å². The monoisotopic (exact) mass is 337 g/mol. The summed E-state index contributed by atoms with van der Waals surface area (Å²) in [6.45, 7) is 2.24. The van der Waals surface area contributed by atoms with Crippen molar-refractivity contribution in [3.05, 3.63) is 71.6 Å². The molecule has 0 saturated carbocycles. The Labute approximate surface area is 148 Å². The van der Waals surface area contributed by atoms with Crippen LogP contribution in [0, 0.1) is 0 Å². The lowest BCUT2D eigenvalue weighted by Crippen LogP contribution is -2.02. The number of carbonyl (C=O) groups is 2. The molecule has 0 bridgehead atoms. The molecule has 4 heteroatoms. The molecule has 0 aliphatic carbocycles. The normalized spacial score (nSPS) is 11.2. The van der Waals surface area contributed by atoms with Gasteiger partial charge in [-0.15, -0.1) is 0 Å². The van der Waals surface area contributed by atoms with Gasteiger partial charge in [0.25, 0.3) is 0 Å². The van der Waals surface area contributed by atoms with Gasteiger partial charge in [-0.05, 0) is 43.4 Å². The Balaban J connectivity index is 2.10. The molecule has 0 N–H and O–H groups in total. The lowest BCUT2D eigenvalue weighted by molar-refractivity contribution is -0.143. The van der Waals surface area contributed by atoms with Crippen molar-refractivity contribution in [2.24, 2.45) is 0 Å². The van der Waals surface area contributed by atoms with Crippen molar-refractivity contribution in [2.75, 3.05) is 6.61 Å². The van der Waals surface area contributed by atoms with Crippen molar-refractivity contribution in [1.29, 1.82) is 0 Å². The fraction of sp³-hybridized carbons (Fsp3) is 0.286. The van der Waals surface area contributed by atoms with Gasteiger partial charge < -0.3 is 4.74 Å². The van der Waals surface area contributed by atoms with E-state index in [9.17, 15) is 9.59 Å². The minimum absolute atomic E-state index is 0.141. The van der Waals surface area contributed by atoms with Crippen LogP contribution in [0.4, 0.5) is 0 Å². The molecule has 2 rings (SSSR count). The summed E-state index contributed by atoms with van der Waals surface area (Å²) in [6, 6.07) is 11.9. The number of unbranched alkanes of at least 4 members (excludes halogenated alkanes) is 2. The van der Waals surface area contributed by atoms with Crippen LogP contribution >= 0.6 is 0 Å². The van der Waals surface area contributed by atoms with Crippen LogP contribution < -0.4 is 0 Å². The third-order valence-corrected chi connectivity index (χ3v) is 3.78. The van der Waals surface area contributed by atoms with Gasteiger partial charge in [0, 0.05) is 29.9 Å². The van der Waals surface area contributed by atoms with Gasteiger partial charge in [0.1, 0.15) is 0 Å². The fourth-order valence-electron chi connectivity index (χ4n) is 2.58. The Hall–Kier alpha value is -2.75. The second-order valence-corrected chi connectivity index (χ2v) is 5.66. The van der Waals surface area contributed by atoms with Gasteiger partial charge in [0.2, 0.25) is 0 Å². The standard InChI is InChI=1S/C21H23NO3/c1-2-25-21(24)12-8-4-7-11-20(18-9-5-3-6-10-18)19-13-17(16-23)14-22-15-19/h3,5-6,9-11,13-16H,2,4,7-8,12H2,1H3/b20-11+. The van der Waals surface area contributed by atoms with Crippen molar-refractivity contribution in [2.45, 2.75) is 32.6 Å². The average Bonchev–Trinajstić information content (AvgIpc) is 2.65. The summed E-state index contributed by atoms with van der Waals surface area (Å²) in [4.78, 5) is 26.6. The quantitative estimate of drug-likeness (QED) is 0.385. The molecule has 0 aliphatic rings. The molecule has 0 spiro atoms. The molecule has 2 aromatic rings. The number of rotatable bonds is 9. The van der Waals surface area contributed by atoms with E-state index in [1.54, 1.807) is 12.4 Å². The smallest absolute Gasteiger partial charge is 0.305 e. The predicted octanol–water partition coefficient (Wildman–Crippen LogP) is 4.45. The summed E-state index contributed by atoms with van der Waals surface area (Å²) < 4.78 is 4.94. The second kappa shape index (κ2) is 10.2. The first-order chi connectivity index (χ1) is 12.2. The van der Waals surface area contributed by atoms with E-state index >= 15 is 0 Å². The zero-order valence-corrected chi connectivity index (χ0v) is 14.5. The van der Waals surface area contributed by atoms with Crippen LogP contribution in [0.5, 0.6) is 0 Å². The Bertz CT molecular complexity index is 723. The molecule has 4 nitrogen and oxygen atoms in total. The molecule has 0 amide bonds. The minimum Gasteiger partial charge on any atom is -0.466 e. The van der Waals surface area contributed by atoms with E-state index in [4.69, 9.17) is 4.74 Å². The molecule has 0 aliphatic heterocycles. The van der Waals surface area contributed by atoms with Gasteiger partial charge in [0.15, 0.2) is 6.29 Å². The van der Waals surface area contributed by atoms with Crippen LogP contribution in [-0.2, 0) is 9.53 Å². The highest BCUT2D eigenvalue weighted by Gasteiger charge is 2.06. The average molecular weight is 337 g/mol. The molecule has 1 aromatic heterocycles. The Morgan fingerprint density at radius 2 is 1.92 bits per heavy atom. The maximum absolute atomic E-state index is 11.4. The van der Waals surface area contributed by atoms with Crippen LogP contribution in [0.3, 0.4) is 0 Å².